The fourth-order valence-corrected chi connectivity index (χ4v) is 4.68. The number of thioether (sulfide) groups is 1. The average molecular weight is 365 g/mol. The Bertz CT molecular complexity index is 1020. The van der Waals surface area contributed by atoms with Crippen molar-refractivity contribution in [3.05, 3.63) is 58.1 Å². The number of aryl methyl sites for hydroxylation is 1. The third kappa shape index (κ3) is 2.76. The summed E-state index contributed by atoms with van der Waals surface area (Å²) in [5.74, 6) is 3.35. The van der Waals surface area contributed by atoms with E-state index in [0.717, 1.165) is 58.9 Å². The van der Waals surface area contributed by atoms with Gasteiger partial charge in [0.2, 0.25) is 0 Å². The smallest absolute Gasteiger partial charge is 0.267 e. The van der Waals surface area contributed by atoms with Crippen molar-refractivity contribution in [2.75, 3.05) is 23.7 Å². The standard InChI is InChI=1S/C19H19N5OS/c25-18-7-15-12-26-6-5-17(15)22-24(18)11-13-9-23(10-13)19-16-4-2-1-3-14(16)8-20-21-19/h1-4,7-8,13H,5-6,9-12H2. The highest BCUT2D eigenvalue weighted by Crippen LogP contribution is 2.29. The monoisotopic (exact) mass is 365 g/mol. The Balaban J connectivity index is 1.32. The number of rotatable bonds is 3. The SMILES string of the molecule is O=c1cc2c(nn1CC1CN(c3nncc4ccccc34)C1)CCSC2. The highest BCUT2D eigenvalue weighted by molar-refractivity contribution is 7.98. The molecule has 7 heteroatoms. The van der Waals surface area contributed by atoms with Crippen molar-refractivity contribution in [3.8, 4) is 0 Å². The lowest BCUT2D eigenvalue weighted by atomic mass is 9.99. The maximum absolute atomic E-state index is 12.3. The summed E-state index contributed by atoms with van der Waals surface area (Å²) in [6, 6.07) is 9.96. The molecule has 26 heavy (non-hydrogen) atoms. The van der Waals surface area contributed by atoms with Crippen LogP contribution in [0.3, 0.4) is 0 Å². The lowest BCUT2D eigenvalue weighted by Gasteiger charge is -2.40. The van der Waals surface area contributed by atoms with E-state index in [4.69, 9.17) is 0 Å². The number of hydrogen-bond acceptors (Lipinski definition) is 6. The Labute approximate surface area is 155 Å². The van der Waals surface area contributed by atoms with Gasteiger partial charge >= 0.3 is 0 Å². The van der Waals surface area contributed by atoms with Gasteiger partial charge in [0.15, 0.2) is 5.82 Å². The molecule has 0 amide bonds. The minimum Gasteiger partial charge on any atom is -0.354 e. The number of aromatic nitrogens is 4. The van der Waals surface area contributed by atoms with E-state index in [1.165, 1.54) is 0 Å². The fourth-order valence-electron chi connectivity index (χ4n) is 3.73. The van der Waals surface area contributed by atoms with Gasteiger partial charge in [0, 0.05) is 48.0 Å². The van der Waals surface area contributed by atoms with Gasteiger partial charge in [-0.05, 0) is 11.3 Å². The van der Waals surface area contributed by atoms with E-state index in [0.29, 0.717) is 12.5 Å². The van der Waals surface area contributed by atoms with Crippen molar-refractivity contribution in [1.29, 1.82) is 0 Å². The van der Waals surface area contributed by atoms with Crippen LogP contribution in [0.25, 0.3) is 10.8 Å². The van der Waals surface area contributed by atoms with Crippen LogP contribution in [-0.4, -0.2) is 38.8 Å². The van der Waals surface area contributed by atoms with Gasteiger partial charge in [0.25, 0.3) is 5.56 Å². The minimum atomic E-state index is 0.0228. The predicted molar refractivity (Wildman–Crippen MR) is 104 cm³/mol. The quantitative estimate of drug-likeness (QED) is 0.708. The molecule has 1 fully saturated rings. The molecule has 6 nitrogen and oxygen atoms in total. The van der Waals surface area contributed by atoms with Crippen molar-refractivity contribution in [2.45, 2.75) is 18.7 Å². The molecule has 5 rings (SSSR count). The molecule has 0 spiro atoms. The molecule has 0 radical (unpaired) electrons. The highest BCUT2D eigenvalue weighted by atomic mass is 32.2. The van der Waals surface area contributed by atoms with Crippen LogP contribution in [0, 0.1) is 5.92 Å². The van der Waals surface area contributed by atoms with Gasteiger partial charge in [0.1, 0.15) is 0 Å². The first-order valence-corrected chi connectivity index (χ1v) is 10.1. The maximum atomic E-state index is 12.3. The van der Waals surface area contributed by atoms with Gasteiger partial charge in [-0.3, -0.25) is 4.79 Å². The van der Waals surface area contributed by atoms with Gasteiger partial charge in [-0.2, -0.15) is 22.0 Å². The zero-order valence-electron chi connectivity index (χ0n) is 14.3. The van der Waals surface area contributed by atoms with E-state index in [1.54, 1.807) is 16.9 Å². The van der Waals surface area contributed by atoms with Crippen molar-refractivity contribution in [2.24, 2.45) is 5.92 Å². The Hall–Kier alpha value is -2.41. The van der Waals surface area contributed by atoms with Crippen molar-refractivity contribution < 1.29 is 0 Å². The van der Waals surface area contributed by atoms with Crippen LogP contribution in [0.2, 0.25) is 0 Å². The third-order valence-electron chi connectivity index (χ3n) is 5.14. The Morgan fingerprint density at radius 3 is 3.04 bits per heavy atom. The van der Waals surface area contributed by atoms with E-state index < -0.39 is 0 Å². The van der Waals surface area contributed by atoms with Crippen molar-refractivity contribution >= 4 is 28.4 Å². The number of benzene rings is 1. The molecule has 2 aliphatic heterocycles. The molecule has 0 saturated carbocycles. The van der Waals surface area contributed by atoms with E-state index in [9.17, 15) is 4.79 Å². The topological polar surface area (TPSA) is 63.9 Å². The minimum absolute atomic E-state index is 0.0228. The molecule has 1 aromatic carbocycles. The molecular weight excluding hydrogens is 346 g/mol. The average Bonchev–Trinajstić information content (AvgIpc) is 2.64. The Morgan fingerprint density at radius 2 is 2.12 bits per heavy atom. The largest absolute Gasteiger partial charge is 0.354 e. The first-order valence-electron chi connectivity index (χ1n) is 8.91. The molecule has 0 N–H and O–H groups in total. The molecule has 3 aromatic rings. The Morgan fingerprint density at radius 1 is 1.23 bits per heavy atom. The zero-order valence-corrected chi connectivity index (χ0v) is 15.2. The number of hydrogen-bond donors (Lipinski definition) is 0. The highest BCUT2D eigenvalue weighted by Gasteiger charge is 2.30. The second-order valence-electron chi connectivity index (χ2n) is 6.97. The van der Waals surface area contributed by atoms with Crippen LogP contribution in [0.15, 0.2) is 41.3 Å². The molecule has 2 aliphatic rings. The van der Waals surface area contributed by atoms with Gasteiger partial charge in [-0.25, -0.2) is 4.68 Å². The third-order valence-corrected chi connectivity index (χ3v) is 6.15. The zero-order chi connectivity index (χ0) is 17.5. The maximum Gasteiger partial charge on any atom is 0.267 e. The van der Waals surface area contributed by atoms with Crippen LogP contribution in [-0.2, 0) is 18.7 Å². The van der Waals surface area contributed by atoms with E-state index in [2.05, 4.69) is 32.3 Å². The Kier molecular flexibility index (Phi) is 3.89. The van der Waals surface area contributed by atoms with Gasteiger partial charge in [0.05, 0.1) is 18.4 Å². The van der Waals surface area contributed by atoms with Crippen LogP contribution in [0.4, 0.5) is 5.82 Å². The van der Waals surface area contributed by atoms with Crippen LogP contribution in [0.5, 0.6) is 0 Å². The molecule has 0 atom stereocenters. The lowest BCUT2D eigenvalue weighted by molar-refractivity contribution is 0.331. The summed E-state index contributed by atoms with van der Waals surface area (Å²) in [6.45, 7) is 2.43. The molecule has 4 heterocycles. The fraction of sp³-hybridized carbons (Fsp3) is 0.368. The molecule has 0 aliphatic carbocycles. The summed E-state index contributed by atoms with van der Waals surface area (Å²) in [7, 11) is 0. The number of anilines is 1. The molecule has 0 unspecified atom stereocenters. The summed E-state index contributed by atoms with van der Waals surface area (Å²) in [5, 5.41) is 15.3. The first kappa shape index (κ1) is 15.8. The molecule has 1 saturated heterocycles. The second-order valence-corrected chi connectivity index (χ2v) is 8.07. The van der Waals surface area contributed by atoms with Crippen molar-refractivity contribution in [1.82, 2.24) is 20.0 Å². The van der Waals surface area contributed by atoms with E-state index in [-0.39, 0.29) is 5.56 Å². The van der Waals surface area contributed by atoms with E-state index >= 15 is 0 Å². The summed E-state index contributed by atoms with van der Waals surface area (Å²) in [6.07, 6.45) is 2.76. The summed E-state index contributed by atoms with van der Waals surface area (Å²) < 4.78 is 1.66. The van der Waals surface area contributed by atoms with Crippen molar-refractivity contribution in [3.63, 3.8) is 0 Å². The number of fused-ring (bicyclic) bond motifs is 2. The lowest BCUT2D eigenvalue weighted by Crippen LogP contribution is -2.50. The molecule has 0 bridgehead atoms. The normalized spacial score (nSPS) is 17.2. The van der Waals surface area contributed by atoms with Gasteiger partial charge in [-0.15, -0.1) is 5.10 Å². The van der Waals surface area contributed by atoms with Gasteiger partial charge < -0.3 is 4.90 Å². The molecular formula is C19H19N5OS. The van der Waals surface area contributed by atoms with Crippen LogP contribution >= 0.6 is 11.8 Å². The second kappa shape index (κ2) is 6.39. The molecule has 2 aromatic heterocycles. The van der Waals surface area contributed by atoms with Crippen LogP contribution < -0.4 is 10.5 Å². The number of nitrogens with zero attached hydrogens (tertiary/aromatic N) is 5. The first-order chi connectivity index (χ1) is 12.8. The molecule has 132 valence electrons. The predicted octanol–water partition coefficient (Wildman–Crippen LogP) is 2.11. The summed E-state index contributed by atoms with van der Waals surface area (Å²) >= 11 is 1.87. The van der Waals surface area contributed by atoms with E-state index in [1.807, 2.05) is 23.9 Å². The summed E-state index contributed by atoms with van der Waals surface area (Å²) in [5.41, 5.74) is 2.23. The summed E-state index contributed by atoms with van der Waals surface area (Å²) in [4.78, 5) is 14.6. The van der Waals surface area contributed by atoms with Crippen LogP contribution in [0.1, 0.15) is 11.3 Å². The van der Waals surface area contributed by atoms with Gasteiger partial charge in [-0.1, -0.05) is 24.3 Å².